The molecule has 0 heterocycles. The highest BCUT2D eigenvalue weighted by atomic mass is 28.3. The molecule has 1 N–H and O–H groups in total. The highest BCUT2D eigenvalue weighted by molar-refractivity contribution is 6.81. The quantitative estimate of drug-likeness (QED) is 0.750. The summed E-state index contributed by atoms with van der Waals surface area (Å²) in [5, 5.41) is 7.12. The van der Waals surface area contributed by atoms with Crippen LogP contribution in [0.3, 0.4) is 0 Å². The molecule has 132 valence electrons. The predicted octanol–water partition coefficient (Wildman–Crippen LogP) is 4.53. The Morgan fingerprint density at radius 2 is 1.62 bits per heavy atom. The van der Waals surface area contributed by atoms with E-state index in [0.717, 1.165) is 12.6 Å². The zero-order valence-electron chi connectivity index (χ0n) is 16.6. The summed E-state index contributed by atoms with van der Waals surface area (Å²) in [7, 11) is -1.27. The fourth-order valence-electron chi connectivity index (χ4n) is 3.62. The summed E-state index contributed by atoms with van der Waals surface area (Å²) in [4.78, 5) is 0. The van der Waals surface area contributed by atoms with Crippen molar-refractivity contribution < 1.29 is 0 Å². The van der Waals surface area contributed by atoms with Crippen LogP contribution in [0.2, 0.25) is 0 Å². The first-order chi connectivity index (χ1) is 11.2. The van der Waals surface area contributed by atoms with Crippen LogP contribution >= 0.6 is 0 Å². The van der Waals surface area contributed by atoms with Gasteiger partial charge in [0.15, 0.2) is 0 Å². The van der Waals surface area contributed by atoms with Gasteiger partial charge in [-0.25, -0.2) is 0 Å². The van der Waals surface area contributed by atoms with E-state index in [0.29, 0.717) is 11.8 Å². The van der Waals surface area contributed by atoms with Crippen LogP contribution in [-0.4, -0.2) is 20.5 Å². The van der Waals surface area contributed by atoms with Gasteiger partial charge in [-0.2, -0.15) is 0 Å². The summed E-state index contributed by atoms with van der Waals surface area (Å²) in [5.41, 5.74) is 3.48. The maximum Gasteiger partial charge on any atom is 0.117 e. The molecule has 1 aliphatic rings. The summed E-state index contributed by atoms with van der Waals surface area (Å²) in [6.07, 6.45) is 4.80. The fourth-order valence-corrected chi connectivity index (χ4v) is 7.65. The third kappa shape index (κ3) is 4.70. The largest absolute Gasteiger partial charge is 0.314 e. The minimum Gasteiger partial charge on any atom is -0.314 e. The number of nitrogens with one attached hydrogen (secondary N) is 1. The van der Waals surface area contributed by atoms with Crippen LogP contribution in [0.15, 0.2) is 52.8 Å². The number of hydrogen-bond donors (Lipinski definition) is 1. The summed E-state index contributed by atoms with van der Waals surface area (Å²) >= 11 is 0. The van der Waals surface area contributed by atoms with E-state index in [-0.39, 0.29) is 5.54 Å². The van der Waals surface area contributed by atoms with Gasteiger partial charge in [0.1, 0.15) is 8.80 Å². The van der Waals surface area contributed by atoms with Crippen molar-refractivity contribution in [2.45, 2.75) is 60.4 Å². The topological polar surface area (TPSA) is 12.0 Å². The highest BCUT2D eigenvalue weighted by Crippen LogP contribution is 2.36. The molecule has 24 heavy (non-hydrogen) atoms. The molecule has 2 heteroatoms. The summed E-state index contributed by atoms with van der Waals surface area (Å²) in [6, 6.07) is 11.2. The van der Waals surface area contributed by atoms with Gasteiger partial charge in [-0.05, 0) is 50.8 Å². The van der Waals surface area contributed by atoms with Crippen molar-refractivity contribution in [3.8, 4) is 0 Å². The van der Waals surface area contributed by atoms with Gasteiger partial charge < -0.3 is 5.32 Å². The fraction of sp³-hybridized carbons (Fsp3) is 0.545. The number of hydrogen-bond acceptors (Lipinski definition) is 1. The molecule has 0 spiro atoms. The molecule has 1 unspecified atom stereocenters. The number of rotatable bonds is 6. The average Bonchev–Trinajstić information content (AvgIpc) is 2.92. The first-order valence-corrected chi connectivity index (χ1v) is 11.4. The normalized spacial score (nSPS) is 17.0. The van der Waals surface area contributed by atoms with E-state index in [1.807, 2.05) is 0 Å². The molecule has 1 aromatic rings. The van der Waals surface area contributed by atoms with E-state index in [2.05, 4.69) is 90.2 Å². The molecule has 1 atom stereocenters. The SMILES string of the molecule is CC(C)C1=CCC(C(C)C)=C1[SiH](CNC(C)(C)C)c1ccccc1. The van der Waals surface area contributed by atoms with Crippen molar-refractivity contribution >= 4 is 14.0 Å². The Balaban J connectivity index is 2.47. The minimum absolute atomic E-state index is 0.166. The van der Waals surface area contributed by atoms with Gasteiger partial charge in [-0.1, -0.05) is 80.1 Å². The van der Waals surface area contributed by atoms with Crippen molar-refractivity contribution in [2.75, 3.05) is 6.17 Å². The zero-order valence-corrected chi connectivity index (χ0v) is 17.8. The molecule has 2 rings (SSSR count). The zero-order chi connectivity index (χ0) is 17.9. The van der Waals surface area contributed by atoms with Crippen LogP contribution in [0.1, 0.15) is 54.9 Å². The van der Waals surface area contributed by atoms with Gasteiger partial charge in [0.05, 0.1) is 0 Å². The molecule has 0 radical (unpaired) electrons. The minimum atomic E-state index is -1.27. The van der Waals surface area contributed by atoms with Gasteiger partial charge in [-0.3, -0.25) is 0 Å². The van der Waals surface area contributed by atoms with Crippen LogP contribution in [0.5, 0.6) is 0 Å². The standard InChI is InChI=1S/C22H35NSi/c1-16(2)19-13-14-20(17(3)4)21(19)24(15-23-22(5,6)7)18-11-9-8-10-12-18/h8-13,16-17,23-24H,14-15H2,1-7H3. The molecule has 0 aliphatic heterocycles. The van der Waals surface area contributed by atoms with E-state index < -0.39 is 8.80 Å². The molecule has 0 bridgehead atoms. The Bertz CT molecular complexity index is 603. The lowest BCUT2D eigenvalue weighted by molar-refractivity contribution is 0.457. The monoisotopic (exact) mass is 341 g/mol. The molecule has 0 saturated heterocycles. The number of allylic oxidation sites excluding steroid dienone is 4. The third-order valence-corrected chi connectivity index (χ3v) is 8.11. The third-order valence-electron chi connectivity index (χ3n) is 4.90. The van der Waals surface area contributed by atoms with Crippen molar-refractivity contribution in [3.63, 3.8) is 0 Å². The molecule has 0 aromatic heterocycles. The smallest absolute Gasteiger partial charge is 0.117 e. The maximum atomic E-state index is 3.82. The molecule has 0 fully saturated rings. The van der Waals surface area contributed by atoms with E-state index in [9.17, 15) is 0 Å². The van der Waals surface area contributed by atoms with Crippen molar-refractivity contribution in [2.24, 2.45) is 11.8 Å². The van der Waals surface area contributed by atoms with Gasteiger partial charge in [-0.15, -0.1) is 0 Å². The van der Waals surface area contributed by atoms with E-state index in [4.69, 9.17) is 0 Å². The Kier molecular flexibility index (Phi) is 6.27. The second-order valence-electron chi connectivity index (χ2n) is 8.71. The second kappa shape index (κ2) is 7.84. The van der Waals surface area contributed by atoms with Gasteiger partial charge in [0.25, 0.3) is 0 Å². The summed E-state index contributed by atoms with van der Waals surface area (Å²) in [6.45, 7) is 16.2. The molecule has 1 aromatic carbocycles. The first-order valence-electron chi connectivity index (χ1n) is 9.44. The summed E-state index contributed by atoms with van der Waals surface area (Å²) in [5.74, 6) is 1.26. The lowest BCUT2D eigenvalue weighted by Crippen LogP contribution is -2.49. The van der Waals surface area contributed by atoms with Gasteiger partial charge in [0, 0.05) is 5.54 Å². The van der Waals surface area contributed by atoms with Gasteiger partial charge in [0.2, 0.25) is 0 Å². The van der Waals surface area contributed by atoms with E-state index >= 15 is 0 Å². The van der Waals surface area contributed by atoms with Crippen LogP contribution in [0.4, 0.5) is 0 Å². The highest BCUT2D eigenvalue weighted by Gasteiger charge is 2.30. The Hall–Kier alpha value is -1.12. The van der Waals surface area contributed by atoms with Crippen LogP contribution in [0, 0.1) is 11.8 Å². The lowest BCUT2D eigenvalue weighted by atomic mass is 10.0. The molecule has 0 saturated carbocycles. The Morgan fingerprint density at radius 1 is 1.00 bits per heavy atom. The van der Waals surface area contributed by atoms with Gasteiger partial charge >= 0.3 is 0 Å². The molecular formula is C22H35NSi. The Labute approximate surface area is 150 Å². The van der Waals surface area contributed by atoms with Crippen LogP contribution in [0.25, 0.3) is 0 Å². The second-order valence-corrected chi connectivity index (χ2v) is 11.5. The predicted molar refractivity (Wildman–Crippen MR) is 110 cm³/mol. The first kappa shape index (κ1) is 19.2. The number of benzene rings is 1. The van der Waals surface area contributed by atoms with Crippen molar-refractivity contribution in [1.29, 1.82) is 0 Å². The molecule has 1 aliphatic carbocycles. The maximum absolute atomic E-state index is 3.82. The summed E-state index contributed by atoms with van der Waals surface area (Å²) < 4.78 is 0. The van der Waals surface area contributed by atoms with E-state index in [1.165, 1.54) is 0 Å². The van der Waals surface area contributed by atoms with Crippen LogP contribution < -0.4 is 10.5 Å². The molecule has 1 nitrogen and oxygen atoms in total. The lowest BCUT2D eigenvalue weighted by Gasteiger charge is -2.29. The van der Waals surface area contributed by atoms with Crippen molar-refractivity contribution in [1.82, 2.24) is 5.32 Å². The molecule has 0 amide bonds. The Morgan fingerprint density at radius 3 is 2.12 bits per heavy atom. The van der Waals surface area contributed by atoms with Crippen molar-refractivity contribution in [3.05, 3.63) is 52.8 Å². The molecular weight excluding hydrogens is 306 g/mol. The van der Waals surface area contributed by atoms with Crippen LogP contribution in [-0.2, 0) is 0 Å². The average molecular weight is 342 g/mol. The van der Waals surface area contributed by atoms with E-state index in [1.54, 1.807) is 21.5 Å².